The van der Waals surface area contributed by atoms with E-state index < -0.39 is 5.82 Å². The molecule has 2 amide bonds. The molecule has 0 spiro atoms. The van der Waals surface area contributed by atoms with E-state index in [-0.39, 0.29) is 11.8 Å². The number of ether oxygens (including phenoxy) is 1. The molecule has 0 radical (unpaired) electrons. The number of aryl methyl sites for hydroxylation is 1. The molecule has 2 aromatic carbocycles. The molecule has 0 unspecified atom stereocenters. The predicted molar refractivity (Wildman–Crippen MR) is 105 cm³/mol. The molecule has 1 saturated heterocycles. The number of halogens is 1. The molecule has 28 heavy (non-hydrogen) atoms. The summed E-state index contributed by atoms with van der Waals surface area (Å²) < 4.78 is 19.1. The summed E-state index contributed by atoms with van der Waals surface area (Å²) in [6, 6.07) is 11.6. The maximum atomic E-state index is 13.3. The highest BCUT2D eigenvalue weighted by molar-refractivity contribution is 5.94. The Bertz CT molecular complexity index is 861. The molecule has 6 heteroatoms. The van der Waals surface area contributed by atoms with Crippen LogP contribution in [0.1, 0.15) is 27.9 Å². The van der Waals surface area contributed by atoms with Gasteiger partial charge in [-0.25, -0.2) is 4.39 Å². The average molecular weight is 384 g/mol. The lowest BCUT2D eigenvalue weighted by Gasteiger charge is -2.35. The minimum atomic E-state index is -0.427. The number of hydrogen-bond donors (Lipinski definition) is 0. The highest BCUT2D eigenvalue weighted by Crippen LogP contribution is 2.20. The Labute approximate surface area is 164 Å². The number of amides is 2. The molecule has 1 aliphatic rings. The molecule has 2 aromatic rings. The van der Waals surface area contributed by atoms with E-state index in [1.54, 1.807) is 15.9 Å². The van der Waals surface area contributed by atoms with Crippen molar-refractivity contribution in [2.75, 3.05) is 32.8 Å². The van der Waals surface area contributed by atoms with Gasteiger partial charge in [-0.3, -0.25) is 9.59 Å². The summed E-state index contributed by atoms with van der Waals surface area (Å²) in [5, 5.41) is 0. The van der Waals surface area contributed by atoms with Crippen LogP contribution in [0.5, 0.6) is 5.75 Å². The van der Waals surface area contributed by atoms with Gasteiger partial charge in [-0.15, -0.1) is 0 Å². The number of hydrogen-bond acceptors (Lipinski definition) is 3. The van der Waals surface area contributed by atoms with Gasteiger partial charge in [-0.05, 0) is 49.2 Å². The molecule has 3 rings (SSSR count). The summed E-state index contributed by atoms with van der Waals surface area (Å²) in [4.78, 5) is 28.3. The molecule has 0 saturated carbocycles. The lowest BCUT2D eigenvalue weighted by Crippen LogP contribution is -2.50. The van der Waals surface area contributed by atoms with E-state index in [1.807, 2.05) is 32.0 Å². The van der Waals surface area contributed by atoms with Gasteiger partial charge in [-0.1, -0.05) is 18.2 Å². The molecule has 0 atom stereocenters. The summed E-state index contributed by atoms with van der Waals surface area (Å²) >= 11 is 0. The van der Waals surface area contributed by atoms with Gasteiger partial charge in [-0.2, -0.15) is 0 Å². The first-order valence-electron chi connectivity index (χ1n) is 9.47. The van der Waals surface area contributed by atoms with Crippen LogP contribution in [0.3, 0.4) is 0 Å². The van der Waals surface area contributed by atoms with Crippen molar-refractivity contribution < 1.29 is 18.7 Å². The van der Waals surface area contributed by atoms with Crippen LogP contribution in [0, 0.1) is 19.7 Å². The monoisotopic (exact) mass is 384 g/mol. The fraction of sp³-hybridized carbons (Fsp3) is 0.364. The smallest absolute Gasteiger partial charge is 0.254 e. The van der Waals surface area contributed by atoms with Crippen molar-refractivity contribution in [1.82, 2.24) is 9.80 Å². The SMILES string of the molecule is Cc1cccc(OCCC(=O)N2CCN(C(=O)c3cccc(F)c3)CC2)c1C. The number of benzene rings is 2. The van der Waals surface area contributed by atoms with Gasteiger partial charge in [0.25, 0.3) is 5.91 Å². The third-order valence-corrected chi connectivity index (χ3v) is 5.12. The summed E-state index contributed by atoms with van der Waals surface area (Å²) in [5.74, 6) is 0.190. The topological polar surface area (TPSA) is 49.9 Å². The summed E-state index contributed by atoms with van der Waals surface area (Å²) in [6.45, 7) is 6.19. The van der Waals surface area contributed by atoms with Gasteiger partial charge in [0.05, 0.1) is 13.0 Å². The van der Waals surface area contributed by atoms with E-state index in [9.17, 15) is 14.0 Å². The van der Waals surface area contributed by atoms with E-state index >= 15 is 0 Å². The second-order valence-corrected chi connectivity index (χ2v) is 6.98. The van der Waals surface area contributed by atoms with E-state index in [4.69, 9.17) is 4.74 Å². The highest BCUT2D eigenvalue weighted by atomic mass is 19.1. The van der Waals surface area contributed by atoms with Crippen molar-refractivity contribution in [3.63, 3.8) is 0 Å². The van der Waals surface area contributed by atoms with Crippen LogP contribution in [0.2, 0.25) is 0 Å². The molecule has 0 N–H and O–H groups in total. The van der Waals surface area contributed by atoms with Crippen molar-refractivity contribution in [1.29, 1.82) is 0 Å². The van der Waals surface area contributed by atoms with Crippen LogP contribution in [-0.2, 0) is 4.79 Å². The normalized spacial score (nSPS) is 14.1. The highest BCUT2D eigenvalue weighted by Gasteiger charge is 2.24. The minimum absolute atomic E-state index is 0.0168. The standard InChI is InChI=1S/C22H25FN2O3/c1-16-5-3-8-20(17(16)2)28-14-9-21(26)24-10-12-25(13-11-24)22(27)18-6-4-7-19(23)15-18/h3-8,15H,9-14H2,1-2H3. The van der Waals surface area contributed by atoms with Crippen LogP contribution >= 0.6 is 0 Å². The van der Waals surface area contributed by atoms with Gasteiger partial charge >= 0.3 is 0 Å². The molecular formula is C22H25FN2O3. The van der Waals surface area contributed by atoms with E-state index in [0.717, 1.165) is 16.9 Å². The molecular weight excluding hydrogens is 359 g/mol. The third kappa shape index (κ3) is 4.68. The molecule has 1 aliphatic heterocycles. The maximum Gasteiger partial charge on any atom is 0.254 e. The van der Waals surface area contributed by atoms with Gasteiger partial charge in [0, 0.05) is 31.7 Å². The van der Waals surface area contributed by atoms with Crippen LogP contribution in [-0.4, -0.2) is 54.4 Å². The fourth-order valence-corrected chi connectivity index (χ4v) is 3.25. The summed E-state index contributed by atoms with van der Waals surface area (Å²) in [7, 11) is 0. The molecule has 1 heterocycles. The zero-order valence-corrected chi connectivity index (χ0v) is 16.3. The minimum Gasteiger partial charge on any atom is -0.493 e. The van der Waals surface area contributed by atoms with Gasteiger partial charge in [0.1, 0.15) is 11.6 Å². The molecule has 0 aliphatic carbocycles. The van der Waals surface area contributed by atoms with Crippen molar-refractivity contribution in [2.24, 2.45) is 0 Å². The largest absolute Gasteiger partial charge is 0.493 e. The van der Waals surface area contributed by atoms with E-state index in [1.165, 1.54) is 18.2 Å². The Morgan fingerprint density at radius 3 is 2.39 bits per heavy atom. The number of rotatable bonds is 5. The zero-order valence-electron chi connectivity index (χ0n) is 16.3. The number of carbonyl (C=O) groups is 2. The van der Waals surface area contributed by atoms with Crippen LogP contribution in [0.25, 0.3) is 0 Å². The Hall–Kier alpha value is -2.89. The lowest BCUT2D eigenvalue weighted by atomic mass is 10.1. The third-order valence-electron chi connectivity index (χ3n) is 5.12. The number of nitrogens with zero attached hydrogens (tertiary/aromatic N) is 2. The molecule has 1 fully saturated rings. The quantitative estimate of drug-likeness (QED) is 0.796. The average Bonchev–Trinajstić information content (AvgIpc) is 2.70. The number of carbonyl (C=O) groups excluding carboxylic acids is 2. The first-order chi connectivity index (χ1) is 13.5. The van der Waals surface area contributed by atoms with Gasteiger partial charge in [0.15, 0.2) is 0 Å². The zero-order chi connectivity index (χ0) is 20.1. The van der Waals surface area contributed by atoms with Crippen molar-refractivity contribution in [2.45, 2.75) is 20.3 Å². The summed E-state index contributed by atoms with van der Waals surface area (Å²) in [5.41, 5.74) is 2.57. The van der Waals surface area contributed by atoms with E-state index in [2.05, 4.69) is 0 Å². The Morgan fingerprint density at radius 1 is 1.00 bits per heavy atom. The van der Waals surface area contributed by atoms with Gasteiger partial charge < -0.3 is 14.5 Å². The maximum absolute atomic E-state index is 13.3. The van der Waals surface area contributed by atoms with Crippen molar-refractivity contribution >= 4 is 11.8 Å². The lowest BCUT2D eigenvalue weighted by molar-refractivity contribution is -0.133. The van der Waals surface area contributed by atoms with E-state index in [0.29, 0.717) is 44.8 Å². The predicted octanol–water partition coefficient (Wildman–Crippen LogP) is 3.20. The van der Waals surface area contributed by atoms with Crippen LogP contribution in [0.15, 0.2) is 42.5 Å². The Balaban J connectivity index is 1.46. The Morgan fingerprint density at radius 2 is 1.68 bits per heavy atom. The van der Waals surface area contributed by atoms with Crippen LogP contribution < -0.4 is 4.74 Å². The molecule has 0 bridgehead atoms. The molecule has 5 nitrogen and oxygen atoms in total. The Kier molecular flexibility index (Phi) is 6.29. The first-order valence-corrected chi connectivity index (χ1v) is 9.47. The second kappa shape index (κ2) is 8.87. The molecule has 0 aromatic heterocycles. The van der Waals surface area contributed by atoms with Crippen LogP contribution in [0.4, 0.5) is 4.39 Å². The molecule has 148 valence electrons. The first kappa shape index (κ1) is 19.9. The van der Waals surface area contributed by atoms with Crippen molar-refractivity contribution in [3.05, 3.63) is 65.0 Å². The summed E-state index contributed by atoms with van der Waals surface area (Å²) in [6.07, 6.45) is 0.297. The second-order valence-electron chi connectivity index (χ2n) is 6.98. The number of piperazine rings is 1. The van der Waals surface area contributed by atoms with Crippen molar-refractivity contribution in [3.8, 4) is 5.75 Å². The van der Waals surface area contributed by atoms with Gasteiger partial charge in [0.2, 0.25) is 5.91 Å². The fourth-order valence-electron chi connectivity index (χ4n) is 3.25.